The minimum atomic E-state index is -0.103. The molecule has 1 atom stereocenters. The van der Waals surface area contributed by atoms with Crippen LogP contribution >= 0.6 is 39.1 Å². The predicted octanol–water partition coefficient (Wildman–Crippen LogP) is 5.24. The molecule has 0 bridgehead atoms. The zero-order valence-corrected chi connectivity index (χ0v) is 17.1. The number of piperidine rings is 1. The Labute approximate surface area is 169 Å². The van der Waals surface area contributed by atoms with Crippen LogP contribution in [0.3, 0.4) is 0 Å². The van der Waals surface area contributed by atoms with Crippen LogP contribution in [0.2, 0.25) is 10.0 Å². The van der Waals surface area contributed by atoms with Gasteiger partial charge in [-0.25, -0.2) is 4.79 Å². The van der Waals surface area contributed by atoms with Gasteiger partial charge in [-0.15, -0.1) is 0 Å². The van der Waals surface area contributed by atoms with Gasteiger partial charge < -0.3 is 4.98 Å². The van der Waals surface area contributed by atoms with Crippen molar-refractivity contribution in [3.8, 4) is 0 Å². The fraction of sp³-hybridized carbons (Fsp3) is 0.316. The molecule has 7 heteroatoms. The molecular formula is C19H18BrCl2N3O. The Balaban J connectivity index is 1.61. The molecule has 26 heavy (non-hydrogen) atoms. The second kappa shape index (κ2) is 7.39. The molecule has 2 heterocycles. The molecule has 1 aliphatic rings. The predicted molar refractivity (Wildman–Crippen MR) is 110 cm³/mol. The summed E-state index contributed by atoms with van der Waals surface area (Å²) < 4.78 is 2.92. The Hall–Kier alpha value is -1.27. The number of nitrogens with one attached hydrogen (secondary N) is 1. The third-order valence-electron chi connectivity index (χ3n) is 4.92. The molecule has 0 radical (unpaired) electrons. The van der Waals surface area contributed by atoms with Crippen molar-refractivity contribution >= 4 is 50.2 Å². The minimum absolute atomic E-state index is 0.103. The second-order valence-electron chi connectivity index (χ2n) is 6.74. The smallest absolute Gasteiger partial charge is 0.305 e. The van der Waals surface area contributed by atoms with E-state index in [9.17, 15) is 4.79 Å². The molecule has 0 amide bonds. The summed E-state index contributed by atoms with van der Waals surface area (Å²) in [5, 5.41) is 0.919. The van der Waals surface area contributed by atoms with Crippen LogP contribution in [0.1, 0.15) is 24.4 Å². The monoisotopic (exact) mass is 453 g/mol. The van der Waals surface area contributed by atoms with E-state index in [0.717, 1.165) is 48.0 Å². The van der Waals surface area contributed by atoms with Crippen molar-refractivity contribution in [3.63, 3.8) is 0 Å². The SMILES string of the molecule is O=c1[nH]c2cc(Cl)c(Cl)cc2n1[C@@H]1CCCN(Cc2ccc(Br)cc2)C1. The van der Waals surface area contributed by atoms with Crippen LogP contribution in [0.15, 0.2) is 45.7 Å². The first-order chi connectivity index (χ1) is 12.5. The molecule has 1 fully saturated rings. The molecule has 1 aliphatic heterocycles. The number of H-pyrrole nitrogens is 1. The number of fused-ring (bicyclic) bond motifs is 1. The first-order valence-electron chi connectivity index (χ1n) is 8.57. The van der Waals surface area contributed by atoms with Crippen molar-refractivity contribution in [2.75, 3.05) is 13.1 Å². The van der Waals surface area contributed by atoms with Gasteiger partial charge in [0.2, 0.25) is 0 Å². The lowest BCUT2D eigenvalue weighted by atomic mass is 10.0. The molecule has 4 nitrogen and oxygen atoms in total. The Morgan fingerprint density at radius 3 is 2.65 bits per heavy atom. The molecule has 1 aromatic heterocycles. The van der Waals surface area contributed by atoms with E-state index in [0.29, 0.717) is 10.0 Å². The van der Waals surface area contributed by atoms with E-state index >= 15 is 0 Å². The summed E-state index contributed by atoms with van der Waals surface area (Å²) in [5.74, 6) is 0. The second-order valence-corrected chi connectivity index (χ2v) is 8.47. The molecular weight excluding hydrogens is 437 g/mol. The largest absolute Gasteiger partial charge is 0.326 e. The van der Waals surface area contributed by atoms with E-state index in [1.54, 1.807) is 12.1 Å². The van der Waals surface area contributed by atoms with Crippen LogP contribution in [0.25, 0.3) is 11.0 Å². The van der Waals surface area contributed by atoms with Crippen molar-refractivity contribution in [1.82, 2.24) is 14.5 Å². The van der Waals surface area contributed by atoms with Gasteiger partial charge in [0.05, 0.1) is 27.1 Å². The first-order valence-corrected chi connectivity index (χ1v) is 10.1. The molecule has 1 N–H and O–H groups in total. The first kappa shape index (κ1) is 18.1. The molecule has 1 saturated heterocycles. The third kappa shape index (κ3) is 3.58. The topological polar surface area (TPSA) is 41.0 Å². The van der Waals surface area contributed by atoms with Gasteiger partial charge >= 0.3 is 5.69 Å². The Morgan fingerprint density at radius 1 is 1.15 bits per heavy atom. The lowest BCUT2D eigenvalue weighted by Gasteiger charge is -2.33. The highest BCUT2D eigenvalue weighted by Gasteiger charge is 2.24. The molecule has 4 rings (SSSR count). The molecule has 0 saturated carbocycles. The standard InChI is InChI=1S/C19H18BrCl2N3O/c20-13-5-3-12(4-6-13)10-24-7-1-2-14(11-24)25-18-9-16(22)15(21)8-17(18)23-19(25)26/h3-6,8-9,14H,1-2,7,10-11H2,(H,23,26)/t14-/m1/s1. The van der Waals surface area contributed by atoms with Crippen molar-refractivity contribution in [2.24, 2.45) is 0 Å². The fourth-order valence-corrected chi connectivity index (χ4v) is 4.30. The number of nitrogens with zero attached hydrogens (tertiary/aromatic N) is 2. The van der Waals surface area contributed by atoms with E-state index in [4.69, 9.17) is 23.2 Å². The van der Waals surface area contributed by atoms with Crippen molar-refractivity contribution in [3.05, 3.63) is 67.0 Å². The summed E-state index contributed by atoms with van der Waals surface area (Å²) in [6.07, 6.45) is 2.03. The summed E-state index contributed by atoms with van der Waals surface area (Å²) in [7, 11) is 0. The molecule has 0 aliphatic carbocycles. The van der Waals surface area contributed by atoms with Crippen molar-refractivity contribution in [1.29, 1.82) is 0 Å². The summed E-state index contributed by atoms with van der Waals surface area (Å²) in [6.45, 7) is 2.76. The lowest BCUT2D eigenvalue weighted by molar-refractivity contribution is 0.170. The fourth-order valence-electron chi connectivity index (χ4n) is 3.72. The van der Waals surface area contributed by atoms with E-state index in [2.05, 4.69) is 50.1 Å². The van der Waals surface area contributed by atoms with Crippen LogP contribution in [-0.2, 0) is 6.54 Å². The maximum absolute atomic E-state index is 12.6. The highest BCUT2D eigenvalue weighted by Crippen LogP contribution is 2.30. The zero-order valence-electron chi connectivity index (χ0n) is 14.0. The Kier molecular flexibility index (Phi) is 5.15. The van der Waals surface area contributed by atoms with Gasteiger partial charge in [-0.3, -0.25) is 9.47 Å². The number of benzene rings is 2. The average Bonchev–Trinajstić information content (AvgIpc) is 2.92. The maximum atomic E-state index is 12.6. The van der Waals surface area contributed by atoms with Crippen LogP contribution in [0.4, 0.5) is 0 Å². The van der Waals surface area contributed by atoms with Gasteiger partial charge in [-0.2, -0.15) is 0 Å². The minimum Gasteiger partial charge on any atom is -0.305 e. The van der Waals surface area contributed by atoms with Crippen LogP contribution in [-0.4, -0.2) is 27.5 Å². The van der Waals surface area contributed by atoms with Gasteiger partial charge in [0.15, 0.2) is 0 Å². The van der Waals surface area contributed by atoms with Crippen LogP contribution in [0.5, 0.6) is 0 Å². The number of halogens is 3. The summed E-state index contributed by atoms with van der Waals surface area (Å²) in [5.41, 5.74) is 2.72. The summed E-state index contributed by atoms with van der Waals surface area (Å²) in [4.78, 5) is 17.9. The van der Waals surface area contributed by atoms with Crippen molar-refractivity contribution in [2.45, 2.75) is 25.4 Å². The number of imidazole rings is 1. The van der Waals surface area contributed by atoms with Gasteiger partial charge in [-0.05, 0) is 49.2 Å². The lowest BCUT2D eigenvalue weighted by Crippen LogP contribution is -2.38. The van der Waals surface area contributed by atoms with Crippen LogP contribution < -0.4 is 5.69 Å². The van der Waals surface area contributed by atoms with Crippen molar-refractivity contribution < 1.29 is 0 Å². The summed E-state index contributed by atoms with van der Waals surface area (Å²) >= 11 is 15.7. The van der Waals surface area contributed by atoms with E-state index < -0.39 is 0 Å². The van der Waals surface area contributed by atoms with Gasteiger partial charge in [0.25, 0.3) is 0 Å². The van der Waals surface area contributed by atoms with E-state index in [1.165, 1.54) is 5.56 Å². The van der Waals surface area contributed by atoms with E-state index in [-0.39, 0.29) is 11.7 Å². The number of aromatic nitrogens is 2. The average molecular weight is 455 g/mol. The highest BCUT2D eigenvalue weighted by molar-refractivity contribution is 9.10. The molecule has 0 spiro atoms. The Bertz CT molecular complexity index is 996. The molecule has 3 aromatic rings. The number of likely N-dealkylation sites (tertiary alicyclic amines) is 1. The normalized spacial score (nSPS) is 18.5. The van der Waals surface area contributed by atoms with Gasteiger partial charge in [-0.1, -0.05) is 51.3 Å². The molecule has 136 valence electrons. The number of aromatic amines is 1. The Morgan fingerprint density at radius 2 is 1.88 bits per heavy atom. The van der Waals surface area contributed by atoms with Crippen LogP contribution in [0, 0.1) is 0 Å². The quantitative estimate of drug-likeness (QED) is 0.588. The zero-order chi connectivity index (χ0) is 18.3. The maximum Gasteiger partial charge on any atom is 0.326 e. The van der Waals surface area contributed by atoms with Gasteiger partial charge in [0, 0.05) is 17.6 Å². The van der Waals surface area contributed by atoms with Gasteiger partial charge in [0.1, 0.15) is 0 Å². The summed E-state index contributed by atoms with van der Waals surface area (Å²) in [6, 6.07) is 12.0. The highest BCUT2D eigenvalue weighted by atomic mass is 79.9. The number of hydrogen-bond acceptors (Lipinski definition) is 2. The molecule has 2 aromatic carbocycles. The molecule has 0 unspecified atom stereocenters. The van der Waals surface area contributed by atoms with E-state index in [1.807, 2.05) is 4.57 Å². The number of rotatable bonds is 3. The number of hydrogen-bond donors (Lipinski definition) is 1. The third-order valence-corrected chi connectivity index (χ3v) is 6.17.